The molecule has 0 amide bonds. The molecule has 104 valence electrons. The largest absolute Gasteiger partial charge is 0.385 e. The second-order valence-corrected chi connectivity index (χ2v) is 5.35. The lowest BCUT2D eigenvalue weighted by Gasteiger charge is -2.05. The lowest BCUT2D eigenvalue weighted by Crippen LogP contribution is -2.06. The minimum atomic E-state index is 0.605. The molecule has 0 aliphatic carbocycles. The van der Waals surface area contributed by atoms with Crippen molar-refractivity contribution in [1.29, 1.82) is 0 Å². The minimum Gasteiger partial charge on any atom is -0.385 e. The summed E-state index contributed by atoms with van der Waals surface area (Å²) < 4.78 is 15.9. The van der Waals surface area contributed by atoms with Crippen molar-refractivity contribution in [2.24, 2.45) is 5.73 Å². The van der Waals surface area contributed by atoms with E-state index >= 15 is 0 Å². The van der Waals surface area contributed by atoms with Crippen molar-refractivity contribution >= 4 is 11.3 Å². The molecule has 0 unspecified atom stereocenters. The predicted octanol–water partition coefficient (Wildman–Crippen LogP) is 2.08. The molecule has 0 aliphatic heterocycles. The Labute approximate surface area is 113 Å². The Bertz CT molecular complexity index is 328. The maximum Gasteiger partial charge on any atom is 0.0728 e. The first-order valence-corrected chi connectivity index (χ1v) is 7.02. The third-order valence-corrected chi connectivity index (χ3v) is 3.65. The van der Waals surface area contributed by atoms with Crippen LogP contribution in [0.15, 0.2) is 6.07 Å². The Morgan fingerprint density at radius 1 is 1.17 bits per heavy atom. The van der Waals surface area contributed by atoms with Crippen LogP contribution in [-0.2, 0) is 27.4 Å². The van der Waals surface area contributed by atoms with Crippen molar-refractivity contribution in [1.82, 2.24) is 0 Å². The molecule has 18 heavy (non-hydrogen) atoms. The van der Waals surface area contributed by atoms with Gasteiger partial charge in [0.05, 0.1) is 19.8 Å². The Hall–Kier alpha value is -0.460. The van der Waals surface area contributed by atoms with E-state index in [2.05, 4.69) is 13.0 Å². The zero-order valence-corrected chi connectivity index (χ0v) is 12.1. The minimum absolute atomic E-state index is 0.605. The third kappa shape index (κ3) is 5.93. The summed E-state index contributed by atoms with van der Waals surface area (Å²) in [6.07, 6.45) is 0.931. The molecule has 1 aromatic heterocycles. The molecule has 0 spiro atoms. The van der Waals surface area contributed by atoms with E-state index in [1.165, 1.54) is 15.3 Å². The molecule has 0 aromatic carbocycles. The van der Waals surface area contributed by atoms with Crippen molar-refractivity contribution in [3.8, 4) is 0 Å². The topological polar surface area (TPSA) is 53.7 Å². The van der Waals surface area contributed by atoms with Crippen molar-refractivity contribution in [2.75, 3.05) is 33.5 Å². The number of rotatable bonds is 10. The zero-order chi connectivity index (χ0) is 13.2. The summed E-state index contributed by atoms with van der Waals surface area (Å²) in [5, 5.41) is 0. The number of methoxy groups -OCH3 is 1. The van der Waals surface area contributed by atoms with E-state index in [1.807, 2.05) is 0 Å². The molecule has 0 radical (unpaired) electrons. The summed E-state index contributed by atoms with van der Waals surface area (Å²) in [5.74, 6) is 0. The summed E-state index contributed by atoms with van der Waals surface area (Å²) in [6.45, 7) is 6.08. The van der Waals surface area contributed by atoms with Crippen LogP contribution in [0, 0.1) is 6.92 Å². The highest BCUT2D eigenvalue weighted by molar-refractivity contribution is 7.12. The van der Waals surface area contributed by atoms with Gasteiger partial charge < -0.3 is 19.9 Å². The number of hydrogen-bond acceptors (Lipinski definition) is 5. The highest BCUT2D eigenvalue weighted by Gasteiger charge is 2.04. The van der Waals surface area contributed by atoms with Gasteiger partial charge in [-0.3, -0.25) is 0 Å². The van der Waals surface area contributed by atoms with Gasteiger partial charge in [-0.2, -0.15) is 0 Å². The van der Waals surface area contributed by atoms with E-state index < -0.39 is 0 Å². The van der Waals surface area contributed by atoms with Gasteiger partial charge in [-0.25, -0.2) is 0 Å². The number of nitrogens with two attached hydrogens (primary N) is 1. The van der Waals surface area contributed by atoms with Crippen LogP contribution >= 0.6 is 11.3 Å². The standard InChI is InChI=1S/C13H23NO3S/c1-11-12(8-13(9-14)18-11)10-17-7-6-16-5-3-4-15-2/h8H,3-7,9-10,14H2,1-2H3. The van der Waals surface area contributed by atoms with E-state index in [9.17, 15) is 0 Å². The van der Waals surface area contributed by atoms with E-state index in [-0.39, 0.29) is 0 Å². The first-order chi connectivity index (χ1) is 8.77. The smallest absolute Gasteiger partial charge is 0.0728 e. The SMILES string of the molecule is COCCCOCCOCc1cc(CN)sc1C. The fourth-order valence-electron chi connectivity index (χ4n) is 1.54. The molecule has 0 bridgehead atoms. The molecule has 5 heteroatoms. The second-order valence-electron chi connectivity index (χ2n) is 4.01. The Morgan fingerprint density at radius 2 is 1.94 bits per heavy atom. The maximum atomic E-state index is 5.61. The quantitative estimate of drug-likeness (QED) is 0.663. The van der Waals surface area contributed by atoms with E-state index in [1.54, 1.807) is 18.4 Å². The van der Waals surface area contributed by atoms with Gasteiger partial charge in [-0.05, 0) is 25.0 Å². The number of ether oxygens (including phenoxy) is 3. The summed E-state index contributed by atoms with van der Waals surface area (Å²) >= 11 is 1.74. The van der Waals surface area contributed by atoms with Gasteiger partial charge in [0.2, 0.25) is 0 Å². The van der Waals surface area contributed by atoms with Gasteiger partial charge >= 0.3 is 0 Å². The maximum absolute atomic E-state index is 5.61. The average molecular weight is 273 g/mol. The second kappa shape index (κ2) is 9.47. The van der Waals surface area contributed by atoms with Gasteiger partial charge in [0.1, 0.15) is 0 Å². The number of hydrogen-bond donors (Lipinski definition) is 1. The molecule has 0 saturated heterocycles. The molecule has 0 aliphatic rings. The molecule has 4 nitrogen and oxygen atoms in total. The molecule has 0 atom stereocenters. The first-order valence-electron chi connectivity index (χ1n) is 6.20. The monoisotopic (exact) mass is 273 g/mol. The molecule has 1 aromatic rings. The number of aryl methyl sites for hydroxylation is 1. The first kappa shape index (κ1) is 15.6. The Balaban J connectivity index is 2.05. The number of thiophene rings is 1. The third-order valence-electron chi connectivity index (χ3n) is 2.54. The molecule has 1 heterocycles. The van der Waals surface area contributed by atoms with Gasteiger partial charge in [0.15, 0.2) is 0 Å². The molecule has 2 N–H and O–H groups in total. The molecular weight excluding hydrogens is 250 g/mol. The van der Waals surface area contributed by atoms with Crippen LogP contribution in [0.3, 0.4) is 0 Å². The zero-order valence-electron chi connectivity index (χ0n) is 11.2. The average Bonchev–Trinajstić information content (AvgIpc) is 2.73. The fraction of sp³-hybridized carbons (Fsp3) is 0.692. The van der Waals surface area contributed by atoms with E-state index in [0.717, 1.165) is 19.6 Å². The van der Waals surface area contributed by atoms with Crippen molar-refractivity contribution in [3.05, 3.63) is 21.4 Å². The normalized spacial score (nSPS) is 11.1. The van der Waals surface area contributed by atoms with Crippen molar-refractivity contribution < 1.29 is 14.2 Å². The van der Waals surface area contributed by atoms with Crippen LogP contribution in [-0.4, -0.2) is 33.5 Å². The Morgan fingerprint density at radius 3 is 2.61 bits per heavy atom. The summed E-state index contributed by atoms with van der Waals surface area (Å²) in [5.41, 5.74) is 6.84. The van der Waals surface area contributed by atoms with Crippen LogP contribution in [0.4, 0.5) is 0 Å². The molecular formula is C13H23NO3S. The van der Waals surface area contributed by atoms with Crippen molar-refractivity contribution in [3.63, 3.8) is 0 Å². The summed E-state index contributed by atoms with van der Waals surface area (Å²) in [4.78, 5) is 2.50. The van der Waals surface area contributed by atoms with Gasteiger partial charge in [0, 0.05) is 36.6 Å². The van der Waals surface area contributed by atoms with Crippen LogP contribution in [0.2, 0.25) is 0 Å². The van der Waals surface area contributed by atoms with Crippen LogP contribution in [0.25, 0.3) is 0 Å². The van der Waals surface area contributed by atoms with E-state index in [4.69, 9.17) is 19.9 Å². The van der Waals surface area contributed by atoms with Crippen LogP contribution in [0.1, 0.15) is 21.7 Å². The van der Waals surface area contributed by atoms with Gasteiger partial charge in [0.25, 0.3) is 0 Å². The van der Waals surface area contributed by atoms with Crippen molar-refractivity contribution in [2.45, 2.75) is 26.5 Å². The highest BCUT2D eigenvalue weighted by atomic mass is 32.1. The highest BCUT2D eigenvalue weighted by Crippen LogP contribution is 2.21. The summed E-state index contributed by atoms with van der Waals surface area (Å²) in [7, 11) is 1.70. The summed E-state index contributed by atoms with van der Waals surface area (Å²) in [6, 6.07) is 2.12. The lowest BCUT2D eigenvalue weighted by molar-refractivity contribution is 0.0336. The van der Waals surface area contributed by atoms with Crippen LogP contribution in [0.5, 0.6) is 0 Å². The lowest BCUT2D eigenvalue weighted by atomic mass is 10.2. The van der Waals surface area contributed by atoms with Gasteiger partial charge in [-0.15, -0.1) is 11.3 Å². The van der Waals surface area contributed by atoms with E-state index in [0.29, 0.717) is 26.4 Å². The Kier molecular flexibility index (Phi) is 8.20. The predicted molar refractivity (Wildman–Crippen MR) is 73.9 cm³/mol. The van der Waals surface area contributed by atoms with Crippen LogP contribution < -0.4 is 5.73 Å². The molecule has 1 rings (SSSR count). The van der Waals surface area contributed by atoms with Gasteiger partial charge in [-0.1, -0.05) is 0 Å². The fourth-order valence-corrected chi connectivity index (χ4v) is 2.47. The molecule has 0 saturated carbocycles. The molecule has 0 fully saturated rings.